The molecule has 0 saturated heterocycles. The van der Waals surface area contributed by atoms with Crippen LogP contribution in [0.25, 0.3) is 0 Å². The molecule has 0 aromatic heterocycles. The summed E-state index contributed by atoms with van der Waals surface area (Å²) in [7, 11) is 0. The largest absolute Gasteiger partial charge is 0.506 e. The lowest BCUT2D eigenvalue weighted by molar-refractivity contribution is 0.0982. The van der Waals surface area contributed by atoms with Gasteiger partial charge < -0.3 is 10.8 Å². The van der Waals surface area contributed by atoms with E-state index >= 15 is 0 Å². The van der Waals surface area contributed by atoms with Crippen molar-refractivity contribution in [3.63, 3.8) is 0 Å². The number of phenols is 1. The number of hydrogen-bond donors (Lipinski definition) is 2. The van der Waals surface area contributed by atoms with E-state index < -0.39 is 5.82 Å². The molecule has 0 bridgehead atoms. The summed E-state index contributed by atoms with van der Waals surface area (Å²) in [6.45, 7) is 0.173. The third kappa shape index (κ3) is 2.30. The highest BCUT2D eigenvalue weighted by atomic mass is 79.9. The van der Waals surface area contributed by atoms with E-state index in [0.29, 0.717) is 0 Å². The molecule has 3 N–H and O–H groups in total. The zero-order valence-electron chi connectivity index (χ0n) is 7.26. The molecule has 0 amide bonds. The van der Waals surface area contributed by atoms with Gasteiger partial charge in [0, 0.05) is 6.42 Å². The minimum Gasteiger partial charge on any atom is -0.506 e. The number of hydrogen-bond acceptors (Lipinski definition) is 3. The Balaban J connectivity index is 3.13. The first-order chi connectivity index (χ1) is 6.56. The molecule has 76 valence electrons. The van der Waals surface area contributed by atoms with Crippen LogP contribution in [-0.2, 0) is 0 Å². The number of rotatable bonds is 3. The van der Waals surface area contributed by atoms with Crippen LogP contribution in [0.5, 0.6) is 5.75 Å². The van der Waals surface area contributed by atoms with Gasteiger partial charge in [0.15, 0.2) is 5.78 Å². The maximum absolute atomic E-state index is 12.9. The first-order valence-corrected chi connectivity index (χ1v) is 4.77. The van der Waals surface area contributed by atoms with Crippen molar-refractivity contribution in [2.24, 2.45) is 5.73 Å². The maximum atomic E-state index is 12.9. The standard InChI is InChI=1S/C9H9BrFNO2/c10-7-4-5(11)3-6(9(7)14)8(13)1-2-12/h3-4,14H,1-2,12H2. The lowest BCUT2D eigenvalue weighted by Crippen LogP contribution is -2.08. The van der Waals surface area contributed by atoms with Crippen molar-refractivity contribution in [3.8, 4) is 5.75 Å². The van der Waals surface area contributed by atoms with Gasteiger partial charge in [0.25, 0.3) is 0 Å². The van der Waals surface area contributed by atoms with E-state index in [-0.39, 0.29) is 34.5 Å². The molecule has 0 aliphatic rings. The molecule has 1 rings (SSSR count). The van der Waals surface area contributed by atoms with E-state index in [2.05, 4.69) is 15.9 Å². The van der Waals surface area contributed by atoms with E-state index in [9.17, 15) is 14.3 Å². The molecule has 3 nitrogen and oxygen atoms in total. The Kier molecular flexibility index (Phi) is 3.60. The molecule has 0 saturated carbocycles. The highest BCUT2D eigenvalue weighted by Gasteiger charge is 2.14. The smallest absolute Gasteiger partial charge is 0.167 e. The van der Waals surface area contributed by atoms with Crippen LogP contribution >= 0.6 is 15.9 Å². The van der Waals surface area contributed by atoms with Gasteiger partial charge in [-0.3, -0.25) is 4.79 Å². The Morgan fingerprint density at radius 3 is 2.79 bits per heavy atom. The normalized spacial score (nSPS) is 10.2. The number of carbonyl (C=O) groups is 1. The molecule has 0 fully saturated rings. The topological polar surface area (TPSA) is 63.3 Å². The summed E-state index contributed by atoms with van der Waals surface area (Å²) in [4.78, 5) is 11.3. The van der Waals surface area contributed by atoms with Gasteiger partial charge in [0.2, 0.25) is 0 Å². The second kappa shape index (κ2) is 4.52. The summed E-state index contributed by atoms with van der Waals surface area (Å²) in [5, 5.41) is 9.44. The molecule has 0 radical (unpaired) electrons. The molecule has 0 atom stereocenters. The number of nitrogens with two attached hydrogens (primary N) is 1. The average molecular weight is 262 g/mol. The Labute approximate surface area is 88.9 Å². The van der Waals surface area contributed by atoms with Crippen LogP contribution in [0.4, 0.5) is 4.39 Å². The van der Waals surface area contributed by atoms with Crippen LogP contribution in [0, 0.1) is 5.82 Å². The molecule has 5 heteroatoms. The fourth-order valence-electron chi connectivity index (χ4n) is 1.04. The van der Waals surface area contributed by atoms with Crippen molar-refractivity contribution in [1.29, 1.82) is 0 Å². The molecular formula is C9H9BrFNO2. The average Bonchev–Trinajstić information content (AvgIpc) is 2.11. The van der Waals surface area contributed by atoms with E-state index in [0.717, 1.165) is 12.1 Å². The summed E-state index contributed by atoms with van der Waals surface area (Å²) < 4.78 is 13.0. The van der Waals surface area contributed by atoms with Gasteiger partial charge in [-0.25, -0.2) is 4.39 Å². The molecule has 1 aromatic rings. The Hall–Kier alpha value is -0.940. The number of carbonyl (C=O) groups excluding carboxylic acids is 1. The SMILES string of the molecule is NCCC(=O)c1cc(F)cc(Br)c1O. The summed E-state index contributed by atoms with van der Waals surface area (Å²) in [5.41, 5.74) is 5.15. The van der Waals surface area contributed by atoms with Crippen LogP contribution in [0.15, 0.2) is 16.6 Å². The number of ketones is 1. The first-order valence-electron chi connectivity index (χ1n) is 3.97. The van der Waals surface area contributed by atoms with Crippen molar-refractivity contribution in [2.75, 3.05) is 6.54 Å². The monoisotopic (exact) mass is 261 g/mol. The molecule has 0 unspecified atom stereocenters. The van der Waals surface area contributed by atoms with Gasteiger partial charge in [-0.1, -0.05) is 0 Å². The van der Waals surface area contributed by atoms with Crippen LogP contribution in [0.1, 0.15) is 16.8 Å². The summed E-state index contributed by atoms with van der Waals surface area (Å²) in [6, 6.07) is 2.09. The second-order valence-electron chi connectivity index (χ2n) is 2.75. The van der Waals surface area contributed by atoms with Crippen LogP contribution < -0.4 is 5.73 Å². The van der Waals surface area contributed by atoms with E-state index in [1.54, 1.807) is 0 Å². The molecule has 0 aliphatic carbocycles. The highest BCUT2D eigenvalue weighted by Crippen LogP contribution is 2.29. The summed E-state index contributed by atoms with van der Waals surface area (Å²) in [5.74, 6) is -1.19. The van der Waals surface area contributed by atoms with E-state index in [4.69, 9.17) is 5.73 Å². The van der Waals surface area contributed by atoms with Gasteiger partial charge >= 0.3 is 0 Å². The Bertz CT molecular complexity index is 368. The predicted molar refractivity (Wildman–Crippen MR) is 53.8 cm³/mol. The lowest BCUT2D eigenvalue weighted by Gasteiger charge is -2.04. The fourth-order valence-corrected chi connectivity index (χ4v) is 1.48. The van der Waals surface area contributed by atoms with Crippen molar-refractivity contribution in [1.82, 2.24) is 0 Å². The Morgan fingerprint density at radius 1 is 1.57 bits per heavy atom. The third-order valence-corrected chi connectivity index (χ3v) is 2.30. The molecule has 1 aromatic carbocycles. The van der Waals surface area contributed by atoms with Crippen molar-refractivity contribution < 1.29 is 14.3 Å². The van der Waals surface area contributed by atoms with Crippen LogP contribution in [-0.4, -0.2) is 17.4 Å². The highest BCUT2D eigenvalue weighted by molar-refractivity contribution is 9.10. The summed E-state index contributed by atoms with van der Waals surface area (Å²) in [6.07, 6.45) is 0.0868. The molecule has 14 heavy (non-hydrogen) atoms. The third-order valence-electron chi connectivity index (χ3n) is 1.70. The Morgan fingerprint density at radius 2 is 2.21 bits per heavy atom. The van der Waals surface area contributed by atoms with Crippen molar-refractivity contribution in [2.45, 2.75) is 6.42 Å². The molecule has 0 heterocycles. The minimum atomic E-state index is -0.574. The molecule has 0 spiro atoms. The zero-order chi connectivity index (χ0) is 10.7. The van der Waals surface area contributed by atoms with Gasteiger partial charge in [-0.05, 0) is 34.6 Å². The van der Waals surface area contributed by atoms with Gasteiger partial charge in [0.05, 0.1) is 10.0 Å². The lowest BCUT2D eigenvalue weighted by atomic mass is 10.1. The predicted octanol–water partition coefficient (Wildman–Crippen LogP) is 1.83. The van der Waals surface area contributed by atoms with E-state index in [1.807, 2.05) is 0 Å². The molecular weight excluding hydrogens is 253 g/mol. The molecule has 0 aliphatic heterocycles. The first kappa shape index (κ1) is 11.1. The van der Waals surface area contributed by atoms with Crippen LogP contribution in [0.3, 0.4) is 0 Å². The number of aromatic hydroxyl groups is 1. The number of benzene rings is 1. The van der Waals surface area contributed by atoms with Gasteiger partial charge in [-0.15, -0.1) is 0 Å². The summed E-state index contributed by atoms with van der Waals surface area (Å²) >= 11 is 2.94. The van der Waals surface area contributed by atoms with Crippen LogP contribution in [0.2, 0.25) is 0 Å². The quantitative estimate of drug-likeness (QED) is 0.817. The van der Waals surface area contributed by atoms with Gasteiger partial charge in [0.1, 0.15) is 11.6 Å². The maximum Gasteiger partial charge on any atom is 0.167 e. The van der Waals surface area contributed by atoms with Gasteiger partial charge in [-0.2, -0.15) is 0 Å². The fraction of sp³-hybridized carbons (Fsp3) is 0.222. The minimum absolute atomic E-state index is 0.0395. The van der Waals surface area contributed by atoms with Crippen molar-refractivity contribution >= 4 is 21.7 Å². The number of Topliss-reactive ketones (excluding diaryl/α,β-unsaturated/α-hetero) is 1. The van der Waals surface area contributed by atoms with Crippen molar-refractivity contribution in [3.05, 3.63) is 28.0 Å². The second-order valence-corrected chi connectivity index (χ2v) is 3.60. The number of phenolic OH excluding ortho intramolecular Hbond substituents is 1. The zero-order valence-corrected chi connectivity index (χ0v) is 8.84. The number of halogens is 2. The van der Waals surface area contributed by atoms with E-state index in [1.165, 1.54) is 0 Å².